The average Bonchev–Trinajstić information content (AvgIpc) is 3.15. The lowest BCUT2D eigenvalue weighted by Gasteiger charge is -2.38. The number of halogens is 2. The van der Waals surface area contributed by atoms with Gasteiger partial charge in [0.05, 0.1) is 17.9 Å². The number of benzene rings is 1. The highest BCUT2D eigenvalue weighted by molar-refractivity contribution is 8.02. The molecule has 2 aliphatic rings. The Balaban J connectivity index is 1.66. The molecule has 0 bridgehead atoms. The summed E-state index contributed by atoms with van der Waals surface area (Å²) in [6.07, 6.45) is 1.65. The minimum Gasteiger partial charge on any atom is -0.463 e. The number of rotatable bonds is 3. The first-order valence-corrected chi connectivity index (χ1v) is 9.82. The van der Waals surface area contributed by atoms with E-state index in [1.165, 1.54) is 23.9 Å². The Kier molecular flexibility index (Phi) is 4.96. The Morgan fingerprint density at radius 3 is 2.96 bits per heavy atom. The van der Waals surface area contributed by atoms with Crippen molar-refractivity contribution in [1.29, 1.82) is 5.26 Å². The van der Waals surface area contributed by atoms with Crippen molar-refractivity contribution >= 4 is 29.3 Å². The molecular weight excluding hydrogens is 389 g/mol. The molecule has 1 N–H and O–H groups in total. The molecule has 1 aromatic carbocycles. The van der Waals surface area contributed by atoms with Crippen molar-refractivity contribution in [2.75, 3.05) is 12.5 Å². The maximum absolute atomic E-state index is 14.4. The van der Waals surface area contributed by atoms with E-state index in [1.807, 2.05) is 12.1 Å². The first-order valence-electron chi connectivity index (χ1n) is 8.45. The highest BCUT2D eigenvalue weighted by Crippen LogP contribution is 2.43. The first kappa shape index (κ1) is 18.1. The largest absolute Gasteiger partial charge is 0.463 e. The van der Waals surface area contributed by atoms with Crippen molar-refractivity contribution in [1.82, 2.24) is 4.90 Å². The van der Waals surface area contributed by atoms with Crippen molar-refractivity contribution < 1.29 is 18.5 Å². The molecule has 4 rings (SSSR count). The van der Waals surface area contributed by atoms with Crippen LogP contribution in [0.25, 0.3) is 0 Å². The van der Waals surface area contributed by atoms with Gasteiger partial charge < -0.3 is 9.32 Å². The molecule has 1 fully saturated rings. The summed E-state index contributed by atoms with van der Waals surface area (Å²) in [6, 6.07) is 10.3. The molecule has 138 valence electrons. The number of nitriles is 1. The number of amides is 1. The number of furan rings is 1. The predicted molar refractivity (Wildman–Crippen MR) is 99.0 cm³/mol. The van der Waals surface area contributed by atoms with Crippen LogP contribution in [0.4, 0.5) is 4.39 Å². The fourth-order valence-corrected chi connectivity index (χ4v) is 5.03. The van der Waals surface area contributed by atoms with Crippen LogP contribution < -0.4 is 4.90 Å². The van der Waals surface area contributed by atoms with E-state index < -0.39 is 11.7 Å². The average molecular weight is 405 g/mol. The molecule has 1 amide bonds. The van der Waals surface area contributed by atoms with Gasteiger partial charge in [-0.25, -0.2) is 4.39 Å². The third-order valence-electron chi connectivity index (χ3n) is 4.77. The summed E-state index contributed by atoms with van der Waals surface area (Å²) in [7, 11) is 0. The molecule has 0 saturated carbocycles. The van der Waals surface area contributed by atoms with E-state index in [-0.39, 0.29) is 22.9 Å². The maximum Gasteiger partial charge on any atom is 0.232 e. The number of hydrogen-bond acceptors (Lipinski definition) is 4. The molecule has 1 saturated heterocycles. The highest BCUT2D eigenvalue weighted by atomic mass is 35.5. The van der Waals surface area contributed by atoms with Crippen molar-refractivity contribution in [2.24, 2.45) is 0 Å². The molecule has 1 aromatic heterocycles. The molecule has 0 aliphatic carbocycles. The van der Waals surface area contributed by atoms with Gasteiger partial charge in [-0.15, -0.1) is 0 Å². The number of allylic oxidation sites excluding steroid dienone is 1. The highest BCUT2D eigenvalue weighted by Gasteiger charge is 2.41. The summed E-state index contributed by atoms with van der Waals surface area (Å²) in [6.45, 7) is 1.10. The SMILES string of the molecule is N#CC1=C2SC[NH+](Cc3ccco3)CN2C(=O)C[C@@H]1c1c(F)cccc1Cl. The van der Waals surface area contributed by atoms with E-state index in [0.29, 0.717) is 29.7 Å². The van der Waals surface area contributed by atoms with Gasteiger partial charge in [-0.2, -0.15) is 5.26 Å². The zero-order valence-corrected chi connectivity index (χ0v) is 15.8. The van der Waals surface area contributed by atoms with Gasteiger partial charge in [-0.05, 0) is 36.0 Å². The molecule has 3 heterocycles. The smallest absolute Gasteiger partial charge is 0.232 e. The van der Waals surface area contributed by atoms with Gasteiger partial charge >= 0.3 is 0 Å². The summed E-state index contributed by atoms with van der Waals surface area (Å²) in [5.74, 6) is 0.258. The van der Waals surface area contributed by atoms with Crippen LogP contribution in [0, 0.1) is 17.1 Å². The van der Waals surface area contributed by atoms with Gasteiger partial charge in [-0.1, -0.05) is 17.7 Å². The topological polar surface area (TPSA) is 61.7 Å². The number of carbonyl (C=O) groups is 1. The van der Waals surface area contributed by atoms with E-state index >= 15 is 0 Å². The van der Waals surface area contributed by atoms with Crippen LogP contribution in [0.15, 0.2) is 51.6 Å². The molecule has 0 spiro atoms. The van der Waals surface area contributed by atoms with E-state index in [0.717, 1.165) is 10.7 Å². The molecule has 5 nitrogen and oxygen atoms in total. The fourth-order valence-electron chi connectivity index (χ4n) is 3.53. The summed E-state index contributed by atoms with van der Waals surface area (Å²) in [4.78, 5) is 15.6. The van der Waals surface area contributed by atoms with Crippen molar-refractivity contribution in [3.63, 3.8) is 0 Å². The van der Waals surface area contributed by atoms with Crippen LogP contribution >= 0.6 is 23.4 Å². The minimum absolute atomic E-state index is 0.0294. The summed E-state index contributed by atoms with van der Waals surface area (Å²) in [5, 5.41) is 10.6. The molecule has 2 aliphatic heterocycles. The number of nitrogens with zero attached hydrogens (tertiary/aromatic N) is 2. The molecule has 0 radical (unpaired) electrons. The number of quaternary nitrogens is 1. The van der Waals surface area contributed by atoms with Gasteiger partial charge in [0.25, 0.3) is 0 Å². The van der Waals surface area contributed by atoms with Gasteiger partial charge in [0.15, 0.2) is 12.4 Å². The summed E-state index contributed by atoms with van der Waals surface area (Å²) < 4.78 is 19.8. The first-order chi connectivity index (χ1) is 13.1. The second-order valence-corrected chi connectivity index (χ2v) is 7.87. The van der Waals surface area contributed by atoms with E-state index in [2.05, 4.69) is 6.07 Å². The second kappa shape index (κ2) is 7.39. The number of hydrogen-bond donors (Lipinski definition) is 1. The van der Waals surface area contributed by atoms with Gasteiger partial charge in [0.1, 0.15) is 23.3 Å². The van der Waals surface area contributed by atoms with Crippen LogP contribution in [0.3, 0.4) is 0 Å². The third-order valence-corrected chi connectivity index (χ3v) is 6.37. The number of carbonyl (C=O) groups excluding carboxylic acids is 1. The Morgan fingerprint density at radius 2 is 2.26 bits per heavy atom. The lowest BCUT2D eigenvalue weighted by Crippen LogP contribution is -3.12. The molecule has 2 aromatic rings. The van der Waals surface area contributed by atoms with Gasteiger partial charge in [0.2, 0.25) is 5.91 Å². The summed E-state index contributed by atoms with van der Waals surface area (Å²) in [5.41, 5.74) is 0.630. The monoisotopic (exact) mass is 404 g/mol. The van der Waals surface area contributed by atoms with Gasteiger partial charge in [-0.3, -0.25) is 9.69 Å². The van der Waals surface area contributed by atoms with Crippen molar-refractivity contribution in [2.45, 2.75) is 18.9 Å². The fraction of sp³-hybridized carbons (Fsp3) is 0.263. The standard InChI is InChI=1S/C19H15ClFN3O2S/c20-15-4-1-5-16(21)18(15)13-7-17(25)24-10-23(9-12-3-2-6-26-12)11-27-19(24)14(13)8-22/h1-6,13H,7,9-11H2/p+1/t13-/m0/s1. The molecule has 2 atom stereocenters. The minimum atomic E-state index is -0.651. The van der Waals surface area contributed by atoms with Crippen LogP contribution in [0.1, 0.15) is 23.7 Å². The normalized spacial score (nSPS) is 22.6. The van der Waals surface area contributed by atoms with Gasteiger partial charge in [0, 0.05) is 22.9 Å². The zero-order chi connectivity index (χ0) is 19.0. The lowest BCUT2D eigenvalue weighted by molar-refractivity contribution is -0.911. The third kappa shape index (κ3) is 3.36. The Bertz CT molecular complexity index is 934. The zero-order valence-electron chi connectivity index (χ0n) is 14.2. The lowest BCUT2D eigenvalue weighted by atomic mass is 9.86. The van der Waals surface area contributed by atoms with Crippen LogP contribution in [0.5, 0.6) is 0 Å². The van der Waals surface area contributed by atoms with Crippen molar-refractivity contribution in [3.8, 4) is 6.07 Å². The van der Waals surface area contributed by atoms with E-state index in [4.69, 9.17) is 16.0 Å². The molecule has 8 heteroatoms. The quantitative estimate of drug-likeness (QED) is 0.854. The van der Waals surface area contributed by atoms with Crippen LogP contribution in [0.2, 0.25) is 5.02 Å². The number of fused-ring (bicyclic) bond motifs is 1. The maximum atomic E-state index is 14.4. The second-order valence-electron chi connectivity index (χ2n) is 6.50. The Labute approximate surface area is 165 Å². The number of nitrogens with one attached hydrogen (secondary N) is 1. The van der Waals surface area contributed by atoms with E-state index in [1.54, 1.807) is 17.2 Å². The summed E-state index contributed by atoms with van der Waals surface area (Å²) >= 11 is 7.63. The molecule has 1 unspecified atom stereocenters. The van der Waals surface area contributed by atoms with Crippen molar-refractivity contribution in [3.05, 3.63) is 69.4 Å². The molecule has 27 heavy (non-hydrogen) atoms. The van der Waals surface area contributed by atoms with Crippen LogP contribution in [-0.2, 0) is 11.3 Å². The Hall–Kier alpha value is -2.27. The van der Waals surface area contributed by atoms with E-state index in [9.17, 15) is 14.4 Å². The van der Waals surface area contributed by atoms with Crippen LogP contribution in [-0.4, -0.2) is 23.4 Å². The Morgan fingerprint density at radius 1 is 1.41 bits per heavy atom. The molecular formula is C19H16ClFN3O2S+. The number of thioether (sulfide) groups is 1. The predicted octanol–water partition coefficient (Wildman–Crippen LogP) is 2.87.